The first-order valence-corrected chi connectivity index (χ1v) is 12.0. The molecular formula is C26H21F3N2O5S. The van der Waals surface area contributed by atoms with Crippen LogP contribution in [0.2, 0.25) is 0 Å². The van der Waals surface area contributed by atoms with Crippen LogP contribution >= 0.6 is 11.8 Å². The van der Waals surface area contributed by atoms with Crippen LogP contribution in [0, 0.1) is 0 Å². The average Bonchev–Trinajstić information content (AvgIpc) is 3.17. The molecule has 2 atom stereocenters. The molecular weight excluding hydrogens is 509 g/mol. The highest BCUT2D eigenvalue weighted by Crippen LogP contribution is 2.37. The van der Waals surface area contributed by atoms with Gasteiger partial charge in [0.2, 0.25) is 5.91 Å². The minimum atomic E-state index is -4.69. The van der Waals surface area contributed by atoms with E-state index in [1.807, 2.05) is 6.07 Å². The van der Waals surface area contributed by atoms with E-state index in [4.69, 9.17) is 4.74 Å². The van der Waals surface area contributed by atoms with E-state index in [0.29, 0.717) is 23.0 Å². The van der Waals surface area contributed by atoms with Crippen LogP contribution in [-0.2, 0) is 28.6 Å². The van der Waals surface area contributed by atoms with E-state index in [9.17, 15) is 32.7 Å². The average molecular weight is 531 g/mol. The molecule has 0 saturated carbocycles. The summed E-state index contributed by atoms with van der Waals surface area (Å²) in [7, 11) is 0. The van der Waals surface area contributed by atoms with Gasteiger partial charge in [0.15, 0.2) is 0 Å². The molecule has 2 unspecified atom stereocenters. The maximum atomic E-state index is 13.7. The summed E-state index contributed by atoms with van der Waals surface area (Å²) >= 11 is 0.663. The van der Waals surface area contributed by atoms with Gasteiger partial charge in [0.25, 0.3) is 5.24 Å². The summed E-state index contributed by atoms with van der Waals surface area (Å²) in [6.07, 6.45) is -4.78. The number of carboxylic acids is 1. The molecule has 192 valence electrons. The lowest BCUT2D eigenvalue weighted by atomic mass is 10.0. The highest BCUT2D eigenvalue weighted by molar-refractivity contribution is 8.15. The van der Waals surface area contributed by atoms with Crippen molar-refractivity contribution in [2.24, 2.45) is 0 Å². The van der Waals surface area contributed by atoms with Gasteiger partial charge in [0.1, 0.15) is 17.5 Å². The van der Waals surface area contributed by atoms with Crippen molar-refractivity contribution >= 4 is 34.6 Å². The minimum Gasteiger partial charge on any atom is -0.480 e. The number of hydrogen-bond donors (Lipinski definition) is 3. The first-order chi connectivity index (χ1) is 17.6. The lowest BCUT2D eigenvalue weighted by Gasteiger charge is -2.17. The maximum absolute atomic E-state index is 13.7. The number of benzene rings is 3. The van der Waals surface area contributed by atoms with Crippen molar-refractivity contribution in [1.29, 1.82) is 0 Å². The molecule has 0 aliphatic carbocycles. The number of carboxylic acid groups (broad SMARTS) is 1. The van der Waals surface area contributed by atoms with Crippen molar-refractivity contribution in [2.45, 2.75) is 30.3 Å². The van der Waals surface area contributed by atoms with Crippen LogP contribution in [0.25, 0.3) is 0 Å². The summed E-state index contributed by atoms with van der Waals surface area (Å²) in [6.45, 7) is 0. The van der Waals surface area contributed by atoms with Crippen molar-refractivity contribution in [3.8, 4) is 11.5 Å². The van der Waals surface area contributed by atoms with Gasteiger partial charge in [-0.2, -0.15) is 13.2 Å². The van der Waals surface area contributed by atoms with Gasteiger partial charge >= 0.3 is 12.1 Å². The monoisotopic (exact) mass is 530 g/mol. The van der Waals surface area contributed by atoms with E-state index >= 15 is 0 Å². The molecule has 3 N–H and O–H groups in total. The van der Waals surface area contributed by atoms with Crippen LogP contribution in [0.3, 0.4) is 0 Å². The Morgan fingerprint density at radius 1 is 1.03 bits per heavy atom. The molecule has 3 aromatic rings. The number of carbonyl (C=O) groups excluding carboxylic acids is 2. The zero-order valence-electron chi connectivity index (χ0n) is 19.1. The quantitative estimate of drug-likeness (QED) is 0.336. The molecule has 3 aromatic carbocycles. The van der Waals surface area contributed by atoms with Crippen molar-refractivity contribution in [3.05, 3.63) is 89.5 Å². The second kappa shape index (κ2) is 11.0. The van der Waals surface area contributed by atoms with Gasteiger partial charge in [-0.15, -0.1) is 0 Å². The summed E-state index contributed by atoms with van der Waals surface area (Å²) in [5.74, 6) is -1.43. The second-order valence-corrected chi connectivity index (χ2v) is 9.43. The fraction of sp³-hybridized carbons (Fsp3) is 0.192. The van der Waals surface area contributed by atoms with E-state index in [2.05, 4.69) is 10.6 Å². The molecule has 2 amide bonds. The molecule has 1 aliphatic heterocycles. The van der Waals surface area contributed by atoms with E-state index in [1.54, 1.807) is 48.5 Å². The van der Waals surface area contributed by atoms with Gasteiger partial charge in [-0.1, -0.05) is 48.2 Å². The number of ether oxygens (including phenoxy) is 1. The normalized spacial score (nSPS) is 16.2. The highest BCUT2D eigenvalue weighted by atomic mass is 32.2. The van der Waals surface area contributed by atoms with Gasteiger partial charge in [-0.05, 0) is 53.9 Å². The number of halogens is 3. The van der Waals surface area contributed by atoms with Crippen molar-refractivity contribution in [1.82, 2.24) is 5.32 Å². The minimum absolute atomic E-state index is 0.0578. The predicted octanol–water partition coefficient (Wildman–Crippen LogP) is 5.50. The molecule has 4 rings (SSSR count). The topological polar surface area (TPSA) is 105 Å². The standard InChI is InChI=1S/C26H21F3N2O5S/c27-26(28,29)20-14-19(11-8-16(20)13-22-23(32)31-25(35)37-22)36-18-9-6-15(7-10-18)12-21(24(33)34)30-17-4-2-1-3-5-17/h1-11,14,21-22,30H,12-13H2,(H,33,34)(H,31,32,35). The van der Waals surface area contributed by atoms with Crippen LogP contribution in [0.15, 0.2) is 72.8 Å². The third-order valence-corrected chi connectivity index (χ3v) is 6.55. The summed E-state index contributed by atoms with van der Waals surface area (Å²) in [4.78, 5) is 34.8. The molecule has 0 bridgehead atoms. The third kappa shape index (κ3) is 6.82. The number of nitrogens with one attached hydrogen (secondary N) is 2. The van der Waals surface area contributed by atoms with Crippen molar-refractivity contribution in [3.63, 3.8) is 0 Å². The van der Waals surface area contributed by atoms with E-state index in [1.165, 1.54) is 12.1 Å². The first-order valence-electron chi connectivity index (χ1n) is 11.1. The summed E-state index contributed by atoms with van der Waals surface area (Å²) in [5.41, 5.74) is 0.280. The Bertz CT molecular complexity index is 1300. The molecule has 1 saturated heterocycles. The zero-order valence-corrected chi connectivity index (χ0v) is 19.9. The van der Waals surface area contributed by atoms with Crippen LogP contribution in [-0.4, -0.2) is 33.5 Å². The van der Waals surface area contributed by atoms with Gasteiger partial charge < -0.3 is 15.2 Å². The Morgan fingerprint density at radius 2 is 1.70 bits per heavy atom. The SMILES string of the molecule is O=C1NC(=O)C(Cc2ccc(Oc3ccc(CC(Nc4ccccc4)C(=O)O)cc3)cc2C(F)(F)F)S1. The Balaban J connectivity index is 1.46. The highest BCUT2D eigenvalue weighted by Gasteiger charge is 2.37. The molecule has 37 heavy (non-hydrogen) atoms. The number of anilines is 1. The number of thioether (sulfide) groups is 1. The number of amides is 2. The summed E-state index contributed by atoms with van der Waals surface area (Å²) in [5, 5.41) is 13.1. The van der Waals surface area contributed by atoms with Crippen LogP contribution in [0.5, 0.6) is 11.5 Å². The van der Waals surface area contributed by atoms with E-state index in [0.717, 1.165) is 6.07 Å². The number of carbonyl (C=O) groups is 3. The van der Waals surface area contributed by atoms with Gasteiger partial charge in [0.05, 0.1) is 10.8 Å². The lowest BCUT2D eigenvalue weighted by molar-refractivity contribution is -0.139. The summed E-state index contributed by atoms with van der Waals surface area (Å²) in [6, 6.07) is 17.9. The van der Waals surface area contributed by atoms with Gasteiger partial charge in [-0.3, -0.25) is 14.9 Å². The Kier molecular flexibility index (Phi) is 7.72. The maximum Gasteiger partial charge on any atom is 0.416 e. The molecule has 1 heterocycles. The molecule has 1 fully saturated rings. The van der Waals surface area contributed by atoms with Gasteiger partial charge in [-0.25, -0.2) is 4.79 Å². The predicted molar refractivity (Wildman–Crippen MR) is 132 cm³/mol. The Morgan fingerprint density at radius 3 is 2.30 bits per heavy atom. The first kappa shape index (κ1) is 26.1. The van der Waals surface area contributed by atoms with Gasteiger partial charge in [0, 0.05) is 12.1 Å². The van der Waals surface area contributed by atoms with E-state index in [-0.39, 0.29) is 29.9 Å². The summed E-state index contributed by atoms with van der Waals surface area (Å²) < 4.78 is 46.8. The van der Waals surface area contributed by atoms with Crippen molar-refractivity contribution in [2.75, 3.05) is 5.32 Å². The number of aliphatic carboxylic acids is 1. The largest absolute Gasteiger partial charge is 0.480 e. The number of alkyl halides is 3. The fourth-order valence-corrected chi connectivity index (χ4v) is 4.64. The molecule has 0 radical (unpaired) electrons. The van der Waals surface area contributed by atoms with Crippen molar-refractivity contribution < 1.29 is 37.4 Å². The molecule has 1 aliphatic rings. The third-order valence-electron chi connectivity index (χ3n) is 5.57. The van der Waals surface area contributed by atoms with Crippen LogP contribution in [0.1, 0.15) is 16.7 Å². The molecule has 7 nitrogen and oxygen atoms in total. The van der Waals surface area contributed by atoms with E-state index < -0.39 is 40.1 Å². The second-order valence-electron chi connectivity index (χ2n) is 8.26. The number of para-hydroxylation sites is 1. The Labute approximate surface area is 214 Å². The zero-order chi connectivity index (χ0) is 26.6. The fourth-order valence-electron chi connectivity index (χ4n) is 3.79. The molecule has 11 heteroatoms. The number of rotatable bonds is 9. The number of imide groups is 1. The Hall–Kier alpha value is -3.99. The lowest BCUT2D eigenvalue weighted by Crippen LogP contribution is -2.31. The molecule has 0 aromatic heterocycles. The van der Waals surface area contributed by atoms with Crippen LogP contribution in [0.4, 0.5) is 23.7 Å². The van der Waals surface area contributed by atoms with Crippen LogP contribution < -0.4 is 15.4 Å². The smallest absolute Gasteiger partial charge is 0.416 e. The molecule has 0 spiro atoms. The number of hydrogen-bond acceptors (Lipinski definition) is 6.